The van der Waals surface area contributed by atoms with Crippen LogP contribution >= 0.6 is 0 Å². The SMILES string of the molecule is CCCN(C(=O)C1(C(F)(F)F)CC1)[C@H](C)[C@H](C)c1ccc(F)cc1. The molecule has 1 fully saturated rings. The summed E-state index contributed by atoms with van der Waals surface area (Å²) in [5, 5.41) is 0. The number of rotatable bonds is 6. The lowest BCUT2D eigenvalue weighted by molar-refractivity contribution is -0.199. The van der Waals surface area contributed by atoms with Gasteiger partial charge in [0.05, 0.1) is 0 Å². The Labute approximate surface area is 139 Å². The van der Waals surface area contributed by atoms with Crippen molar-refractivity contribution in [1.82, 2.24) is 4.90 Å². The highest BCUT2D eigenvalue weighted by molar-refractivity contribution is 5.86. The molecule has 0 radical (unpaired) electrons. The summed E-state index contributed by atoms with van der Waals surface area (Å²) in [7, 11) is 0. The number of nitrogens with zero attached hydrogens (tertiary/aromatic N) is 1. The molecule has 134 valence electrons. The summed E-state index contributed by atoms with van der Waals surface area (Å²) >= 11 is 0. The largest absolute Gasteiger partial charge is 0.403 e. The fraction of sp³-hybridized carbons (Fsp3) is 0.611. The molecule has 0 unspecified atom stereocenters. The van der Waals surface area contributed by atoms with E-state index >= 15 is 0 Å². The van der Waals surface area contributed by atoms with E-state index in [4.69, 9.17) is 0 Å². The van der Waals surface area contributed by atoms with E-state index < -0.39 is 23.5 Å². The molecule has 0 saturated heterocycles. The van der Waals surface area contributed by atoms with E-state index in [2.05, 4.69) is 0 Å². The molecule has 0 aliphatic heterocycles. The molecule has 2 atom stereocenters. The van der Waals surface area contributed by atoms with Crippen molar-refractivity contribution in [1.29, 1.82) is 0 Å². The van der Waals surface area contributed by atoms with Crippen LogP contribution in [0.5, 0.6) is 0 Å². The minimum Gasteiger partial charge on any atom is -0.339 e. The molecule has 1 amide bonds. The zero-order valence-corrected chi connectivity index (χ0v) is 14.2. The van der Waals surface area contributed by atoms with Gasteiger partial charge in [-0.05, 0) is 43.9 Å². The molecule has 24 heavy (non-hydrogen) atoms. The Kier molecular flexibility index (Phi) is 5.25. The summed E-state index contributed by atoms with van der Waals surface area (Å²) in [6.07, 6.45) is -4.19. The van der Waals surface area contributed by atoms with Gasteiger partial charge >= 0.3 is 6.18 Å². The molecule has 0 heterocycles. The van der Waals surface area contributed by atoms with Gasteiger partial charge in [-0.25, -0.2) is 4.39 Å². The standard InChI is InChI=1S/C18H23F4NO/c1-4-11-23(16(24)17(9-10-17)18(20,21)22)13(3)12(2)14-5-7-15(19)8-6-14/h5-8,12-13H,4,9-11H2,1-3H3/t12-,13+/m0/s1. The smallest absolute Gasteiger partial charge is 0.339 e. The summed E-state index contributed by atoms with van der Waals surface area (Å²) in [5.41, 5.74) is -1.39. The van der Waals surface area contributed by atoms with Crippen molar-refractivity contribution in [3.05, 3.63) is 35.6 Å². The molecule has 1 aromatic rings. The third kappa shape index (κ3) is 3.42. The van der Waals surface area contributed by atoms with Crippen molar-refractivity contribution >= 4 is 5.91 Å². The van der Waals surface area contributed by atoms with Crippen LogP contribution in [0.3, 0.4) is 0 Å². The Morgan fingerprint density at radius 1 is 1.21 bits per heavy atom. The van der Waals surface area contributed by atoms with Gasteiger partial charge < -0.3 is 4.90 Å². The Hall–Kier alpha value is -1.59. The highest BCUT2D eigenvalue weighted by Crippen LogP contribution is 2.59. The van der Waals surface area contributed by atoms with Gasteiger partial charge in [-0.1, -0.05) is 26.0 Å². The minimum absolute atomic E-state index is 0.132. The molecule has 1 aliphatic rings. The highest BCUT2D eigenvalue weighted by atomic mass is 19.4. The topological polar surface area (TPSA) is 20.3 Å². The molecule has 1 aromatic carbocycles. The second kappa shape index (κ2) is 6.73. The van der Waals surface area contributed by atoms with Gasteiger partial charge in [0.2, 0.25) is 5.91 Å². The molecule has 1 saturated carbocycles. The lowest BCUT2D eigenvalue weighted by Gasteiger charge is -2.36. The molecule has 2 nitrogen and oxygen atoms in total. The van der Waals surface area contributed by atoms with Gasteiger partial charge in [-0.2, -0.15) is 13.2 Å². The molecule has 0 spiro atoms. The van der Waals surface area contributed by atoms with E-state index in [-0.39, 0.29) is 31.1 Å². The van der Waals surface area contributed by atoms with E-state index in [0.717, 1.165) is 5.56 Å². The van der Waals surface area contributed by atoms with Gasteiger partial charge in [-0.15, -0.1) is 0 Å². The van der Waals surface area contributed by atoms with E-state index in [0.29, 0.717) is 6.42 Å². The normalized spacial score (nSPS) is 18.8. The molecule has 0 N–H and O–H groups in total. The minimum atomic E-state index is -4.51. The fourth-order valence-electron chi connectivity index (χ4n) is 3.06. The summed E-state index contributed by atoms with van der Waals surface area (Å²) in [5.74, 6) is -1.38. The number of hydrogen-bond acceptors (Lipinski definition) is 1. The first kappa shape index (κ1) is 18.7. The summed E-state index contributed by atoms with van der Waals surface area (Å²) in [6.45, 7) is 5.72. The lowest BCUT2D eigenvalue weighted by Crippen LogP contribution is -2.49. The number of benzene rings is 1. The van der Waals surface area contributed by atoms with Crippen molar-refractivity contribution in [3.63, 3.8) is 0 Å². The van der Waals surface area contributed by atoms with Crippen LogP contribution in [0.1, 0.15) is 51.5 Å². The molecule has 0 aromatic heterocycles. The van der Waals surface area contributed by atoms with Crippen molar-refractivity contribution in [3.8, 4) is 0 Å². The molecule has 0 bridgehead atoms. The zero-order chi connectivity index (χ0) is 18.1. The summed E-state index contributed by atoms with van der Waals surface area (Å²) in [4.78, 5) is 14.0. The summed E-state index contributed by atoms with van der Waals surface area (Å²) < 4.78 is 52.9. The van der Waals surface area contributed by atoms with Gasteiger partial charge in [-0.3, -0.25) is 4.79 Å². The van der Waals surface area contributed by atoms with Crippen molar-refractivity contribution in [2.24, 2.45) is 5.41 Å². The number of carbonyl (C=O) groups is 1. The second-order valence-corrected chi connectivity index (χ2v) is 6.66. The molecular weight excluding hydrogens is 322 g/mol. The van der Waals surface area contributed by atoms with E-state index in [1.54, 1.807) is 19.1 Å². The van der Waals surface area contributed by atoms with E-state index in [9.17, 15) is 22.4 Å². The van der Waals surface area contributed by atoms with Crippen LogP contribution in [0, 0.1) is 11.2 Å². The Morgan fingerprint density at radius 3 is 2.17 bits per heavy atom. The molecule has 1 aliphatic carbocycles. The van der Waals surface area contributed by atoms with Gasteiger partial charge in [0.25, 0.3) is 0 Å². The maximum absolute atomic E-state index is 13.3. The van der Waals surface area contributed by atoms with Crippen LogP contribution in [0.2, 0.25) is 0 Å². The lowest BCUT2D eigenvalue weighted by atomic mass is 9.91. The predicted molar refractivity (Wildman–Crippen MR) is 84.0 cm³/mol. The second-order valence-electron chi connectivity index (χ2n) is 6.66. The van der Waals surface area contributed by atoms with Crippen LogP contribution in [-0.4, -0.2) is 29.6 Å². The maximum Gasteiger partial charge on any atom is 0.403 e. The highest BCUT2D eigenvalue weighted by Gasteiger charge is 2.69. The first-order valence-electron chi connectivity index (χ1n) is 8.27. The predicted octanol–water partition coefficient (Wildman–Crippen LogP) is 4.90. The average Bonchev–Trinajstić information content (AvgIpc) is 3.33. The third-order valence-electron chi connectivity index (χ3n) is 5.04. The molecule has 2 rings (SSSR count). The van der Waals surface area contributed by atoms with E-state index in [1.807, 2.05) is 13.8 Å². The monoisotopic (exact) mass is 345 g/mol. The van der Waals surface area contributed by atoms with Crippen LogP contribution in [0.25, 0.3) is 0 Å². The fourth-order valence-corrected chi connectivity index (χ4v) is 3.06. The van der Waals surface area contributed by atoms with Crippen LogP contribution in [0.4, 0.5) is 17.6 Å². The number of hydrogen-bond donors (Lipinski definition) is 0. The quantitative estimate of drug-likeness (QED) is 0.672. The summed E-state index contributed by atoms with van der Waals surface area (Å²) in [6, 6.07) is 5.47. The third-order valence-corrected chi connectivity index (χ3v) is 5.04. The van der Waals surface area contributed by atoms with E-state index in [1.165, 1.54) is 17.0 Å². The van der Waals surface area contributed by atoms with Crippen LogP contribution in [0.15, 0.2) is 24.3 Å². The Morgan fingerprint density at radius 2 is 1.75 bits per heavy atom. The van der Waals surface area contributed by atoms with Crippen molar-refractivity contribution in [2.45, 2.75) is 58.2 Å². The van der Waals surface area contributed by atoms with Gasteiger partial charge in [0, 0.05) is 18.5 Å². The number of alkyl halides is 3. The molecule has 6 heteroatoms. The maximum atomic E-state index is 13.3. The van der Waals surface area contributed by atoms with Crippen molar-refractivity contribution < 1.29 is 22.4 Å². The van der Waals surface area contributed by atoms with Crippen LogP contribution < -0.4 is 0 Å². The number of carbonyl (C=O) groups excluding carboxylic acids is 1. The Balaban J connectivity index is 2.23. The average molecular weight is 345 g/mol. The first-order chi connectivity index (χ1) is 11.1. The van der Waals surface area contributed by atoms with Crippen molar-refractivity contribution in [2.75, 3.05) is 6.54 Å². The van der Waals surface area contributed by atoms with Crippen LogP contribution in [-0.2, 0) is 4.79 Å². The van der Waals surface area contributed by atoms with Gasteiger partial charge in [0.1, 0.15) is 11.2 Å². The number of amides is 1. The first-order valence-corrected chi connectivity index (χ1v) is 8.27. The van der Waals surface area contributed by atoms with Gasteiger partial charge in [0.15, 0.2) is 0 Å². The zero-order valence-electron chi connectivity index (χ0n) is 14.2. The Bertz CT molecular complexity index is 578. The molecular formula is C18H23F4NO. The number of halogens is 4.